The third kappa shape index (κ3) is 2.45. The Labute approximate surface area is 135 Å². The highest BCUT2D eigenvalue weighted by Gasteiger charge is 2.33. The summed E-state index contributed by atoms with van der Waals surface area (Å²) in [6, 6.07) is 4.13. The van der Waals surface area contributed by atoms with Gasteiger partial charge in [-0.15, -0.1) is 0 Å². The number of aromatic amines is 2. The number of amides is 1. The average molecular weight is 327 g/mol. The predicted molar refractivity (Wildman–Crippen MR) is 83.9 cm³/mol. The lowest BCUT2D eigenvalue weighted by Gasteiger charge is -2.22. The Kier molecular flexibility index (Phi) is 3.37. The SMILES string of the molecule is O=C(c1c[nH]c(=O)cn1)N1CCC[C@H]1c1nc2ccc(F)cc2[nH]1. The number of hydrogen-bond acceptors (Lipinski definition) is 4. The number of carbonyl (C=O) groups excluding carboxylic acids is 1. The van der Waals surface area contributed by atoms with Crippen LogP contribution in [-0.2, 0) is 0 Å². The molecule has 3 heterocycles. The molecule has 0 spiro atoms. The van der Waals surface area contributed by atoms with Gasteiger partial charge in [-0.1, -0.05) is 0 Å². The Balaban J connectivity index is 1.67. The summed E-state index contributed by atoms with van der Waals surface area (Å²) in [7, 11) is 0. The number of halogens is 1. The van der Waals surface area contributed by atoms with Crippen molar-refractivity contribution in [1.29, 1.82) is 0 Å². The molecule has 1 aliphatic rings. The summed E-state index contributed by atoms with van der Waals surface area (Å²) in [5.74, 6) is 0.0285. The summed E-state index contributed by atoms with van der Waals surface area (Å²) >= 11 is 0. The Morgan fingerprint density at radius 2 is 2.25 bits per heavy atom. The van der Waals surface area contributed by atoms with Gasteiger partial charge in [-0.3, -0.25) is 9.59 Å². The van der Waals surface area contributed by atoms with Gasteiger partial charge in [0.25, 0.3) is 11.5 Å². The number of fused-ring (bicyclic) bond motifs is 1. The fourth-order valence-corrected chi connectivity index (χ4v) is 3.06. The molecular formula is C16H14FN5O2. The third-order valence-corrected chi connectivity index (χ3v) is 4.18. The van der Waals surface area contributed by atoms with E-state index in [1.165, 1.54) is 18.3 Å². The summed E-state index contributed by atoms with van der Waals surface area (Å²) in [6.45, 7) is 0.579. The van der Waals surface area contributed by atoms with Crippen LogP contribution in [-0.4, -0.2) is 37.3 Å². The Morgan fingerprint density at radius 3 is 3.04 bits per heavy atom. The largest absolute Gasteiger partial charge is 0.340 e. The number of nitrogens with one attached hydrogen (secondary N) is 2. The third-order valence-electron chi connectivity index (χ3n) is 4.18. The number of benzene rings is 1. The molecule has 3 aromatic rings. The van der Waals surface area contributed by atoms with Gasteiger partial charge in [0, 0.05) is 12.7 Å². The molecule has 2 N–H and O–H groups in total. The Morgan fingerprint density at radius 1 is 1.38 bits per heavy atom. The van der Waals surface area contributed by atoms with Crippen molar-refractivity contribution >= 4 is 16.9 Å². The Hall–Kier alpha value is -3.03. The summed E-state index contributed by atoms with van der Waals surface area (Å²) in [5, 5.41) is 0. The van der Waals surface area contributed by atoms with Gasteiger partial charge >= 0.3 is 0 Å². The van der Waals surface area contributed by atoms with Crippen LogP contribution in [0.2, 0.25) is 0 Å². The molecular weight excluding hydrogens is 313 g/mol. The van der Waals surface area contributed by atoms with E-state index >= 15 is 0 Å². The van der Waals surface area contributed by atoms with Gasteiger partial charge in [-0.05, 0) is 31.0 Å². The van der Waals surface area contributed by atoms with Gasteiger partial charge in [-0.2, -0.15) is 0 Å². The van der Waals surface area contributed by atoms with Crippen LogP contribution in [0.3, 0.4) is 0 Å². The van der Waals surface area contributed by atoms with E-state index in [1.807, 2.05) is 0 Å². The first kappa shape index (κ1) is 14.6. The van der Waals surface area contributed by atoms with E-state index in [-0.39, 0.29) is 29.0 Å². The monoisotopic (exact) mass is 327 g/mol. The first-order valence-electron chi connectivity index (χ1n) is 7.63. The lowest BCUT2D eigenvalue weighted by molar-refractivity contribution is 0.0724. The molecule has 1 aromatic carbocycles. The summed E-state index contributed by atoms with van der Waals surface area (Å²) in [6.07, 6.45) is 4.00. The fourth-order valence-electron chi connectivity index (χ4n) is 3.06. The minimum absolute atomic E-state index is 0.184. The van der Waals surface area contributed by atoms with Gasteiger partial charge in [0.15, 0.2) is 0 Å². The number of nitrogens with zero attached hydrogens (tertiary/aromatic N) is 3. The topological polar surface area (TPSA) is 94.7 Å². The maximum atomic E-state index is 13.3. The second-order valence-electron chi connectivity index (χ2n) is 5.74. The van der Waals surface area contributed by atoms with Gasteiger partial charge < -0.3 is 14.9 Å². The van der Waals surface area contributed by atoms with E-state index in [0.29, 0.717) is 23.4 Å². The van der Waals surface area contributed by atoms with Crippen LogP contribution in [0.5, 0.6) is 0 Å². The molecule has 4 rings (SSSR count). The van der Waals surface area contributed by atoms with Crippen LogP contribution >= 0.6 is 0 Å². The van der Waals surface area contributed by atoms with Crippen molar-refractivity contribution in [1.82, 2.24) is 24.8 Å². The lowest BCUT2D eigenvalue weighted by atomic mass is 10.2. The molecule has 8 heteroatoms. The Bertz CT molecular complexity index is 960. The molecule has 1 fully saturated rings. The highest BCUT2D eigenvalue weighted by molar-refractivity contribution is 5.92. The molecule has 0 bridgehead atoms. The van der Waals surface area contributed by atoms with Crippen LogP contribution in [0.1, 0.15) is 35.2 Å². The zero-order valence-corrected chi connectivity index (χ0v) is 12.6. The van der Waals surface area contributed by atoms with Gasteiger partial charge in [0.05, 0.1) is 23.3 Å². The molecule has 0 unspecified atom stereocenters. The molecule has 24 heavy (non-hydrogen) atoms. The molecule has 1 amide bonds. The second kappa shape index (κ2) is 5.55. The second-order valence-corrected chi connectivity index (χ2v) is 5.74. The molecule has 7 nitrogen and oxygen atoms in total. The zero-order valence-electron chi connectivity index (χ0n) is 12.6. The molecule has 1 atom stereocenters. The first-order valence-corrected chi connectivity index (χ1v) is 7.63. The van der Waals surface area contributed by atoms with E-state index in [9.17, 15) is 14.0 Å². The molecule has 2 aromatic heterocycles. The van der Waals surface area contributed by atoms with Gasteiger partial charge in [-0.25, -0.2) is 14.4 Å². The summed E-state index contributed by atoms with van der Waals surface area (Å²) in [5.41, 5.74) is 1.09. The molecule has 1 aliphatic heterocycles. The highest BCUT2D eigenvalue weighted by atomic mass is 19.1. The van der Waals surface area contributed by atoms with Gasteiger partial charge in [0.2, 0.25) is 0 Å². The number of likely N-dealkylation sites (tertiary alicyclic amines) is 1. The number of carbonyl (C=O) groups is 1. The van der Waals surface area contributed by atoms with Gasteiger partial charge in [0.1, 0.15) is 17.3 Å². The smallest absolute Gasteiger partial charge is 0.274 e. The van der Waals surface area contributed by atoms with E-state index in [1.54, 1.807) is 11.0 Å². The molecule has 1 saturated heterocycles. The van der Waals surface area contributed by atoms with Crippen LogP contribution in [0.4, 0.5) is 4.39 Å². The highest BCUT2D eigenvalue weighted by Crippen LogP contribution is 2.32. The van der Waals surface area contributed by atoms with Crippen LogP contribution in [0, 0.1) is 5.82 Å². The van der Waals surface area contributed by atoms with E-state index in [0.717, 1.165) is 19.0 Å². The van der Waals surface area contributed by atoms with Crippen molar-refractivity contribution in [2.75, 3.05) is 6.54 Å². The van der Waals surface area contributed by atoms with E-state index in [4.69, 9.17) is 0 Å². The predicted octanol–water partition coefficient (Wildman–Crippen LogP) is 1.76. The normalized spacial score (nSPS) is 17.5. The van der Waals surface area contributed by atoms with Crippen molar-refractivity contribution < 1.29 is 9.18 Å². The van der Waals surface area contributed by atoms with Crippen molar-refractivity contribution in [3.05, 3.63) is 58.3 Å². The standard InChI is InChI=1S/C16H14FN5O2/c17-9-3-4-10-11(6-9)21-15(20-10)13-2-1-5-22(13)16(24)12-7-19-14(23)8-18-12/h3-4,6-8,13H,1-2,5H2,(H,19,23)(H,20,21)/t13-/m0/s1. The number of H-pyrrole nitrogens is 2. The number of rotatable bonds is 2. The quantitative estimate of drug-likeness (QED) is 0.750. The summed E-state index contributed by atoms with van der Waals surface area (Å²) in [4.78, 5) is 39.3. The number of hydrogen-bond donors (Lipinski definition) is 2. The molecule has 0 saturated carbocycles. The molecule has 0 aliphatic carbocycles. The van der Waals surface area contributed by atoms with Crippen LogP contribution < -0.4 is 5.56 Å². The minimum Gasteiger partial charge on any atom is -0.340 e. The van der Waals surface area contributed by atoms with Crippen LogP contribution in [0.25, 0.3) is 11.0 Å². The molecule has 122 valence electrons. The minimum atomic E-state index is -0.358. The maximum absolute atomic E-state index is 13.3. The van der Waals surface area contributed by atoms with Crippen molar-refractivity contribution in [2.45, 2.75) is 18.9 Å². The fraction of sp³-hybridized carbons (Fsp3) is 0.250. The zero-order chi connectivity index (χ0) is 16.7. The molecule has 0 radical (unpaired) electrons. The number of imidazole rings is 1. The van der Waals surface area contributed by atoms with Crippen molar-refractivity contribution in [3.63, 3.8) is 0 Å². The van der Waals surface area contributed by atoms with Crippen LogP contribution in [0.15, 0.2) is 35.4 Å². The first-order chi connectivity index (χ1) is 11.6. The van der Waals surface area contributed by atoms with Crippen molar-refractivity contribution in [2.24, 2.45) is 0 Å². The maximum Gasteiger partial charge on any atom is 0.274 e. The van der Waals surface area contributed by atoms with E-state index in [2.05, 4.69) is 19.9 Å². The number of aromatic nitrogens is 4. The van der Waals surface area contributed by atoms with Crippen molar-refractivity contribution in [3.8, 4) is 0 Å². The lowest BCUT2D eigenvalue weighted by Crippen LogP contribution is -2.32. The average Bonchev–Trinajstić information content (AvgIpc) is 3.20. The summed E-state index contributed by atoms with van der Waals surface area (Å²) < 4.78 is 13.3. The van der Waals surface area contributed by atoms with E-state index < -0.39 is 0 Å².